The van der Waals surface area contributed by atoms with Crippen LogP contribution in [0, 0.1) is 5.82 Å². The van der Waals surface area contributed by atoms with E-state index in [-0.39, 0.29) is 5.91 Å². The Hall–Kier alpha value is -3.09. The zero-order valence-corrected chi connectivity index (χ0v) is 10.8. The van der Waals surface area contributed by atoms with Gasteiger partial charge in [0.15, 0.2) is 0 Å². The van der Waals surface area contributed by atoms with Gasteiger partial charge in [-0.3, -0.25) is 4.79 Å². The molecule has 1 N–H and O–H groups in total. The maximum absolute atomic E-state index is 13.1. The minimum Gasteiger partial charge on any atom is -0.322 e. The summed E-state index contributed by atoms with van der Waals surface area (Å²) in [5, 5.41) is 13.5. The predicted octanol–water partition coefficient (Wildman–Crippen LogP) is 2.05. The lowest BCUT2D eigenvalue weighted by Crippen LogP contribution is -2.12. The molecule has 0 saturated carbocycles. The molecule has 1 amide bonds. The number of hydrogen-bond donors (Lipinski definition) is 1. The lowest BCUT2D eigenvalue weighted by molar-refractivity contribution is 0.102. The van der Waals surface area contributed by atoms with Gasteiger partial charge in [0.05, 0.1) is 5.69 Å². The van der Waals surface area contributed by atoms with Gasteiger partial charge in [0, 0.05) is 11.3 Å². The van der Waals surface area contributed by atoms with Crippen molar-refractivity contribution in [1.82, 2.24) is 20.2 Å². The van der Waals surface area contributed by atoms with Crippen LogP contribution >= 0.6 is 0 Å². The molecule has 0 radical (unpaired) electrons. The number of anilines is 1. The van der Waals surface area contributed by atoms with E-state index < -0.39 is 5.82 Å². The average Bonchev–Trinajstić information content (AvgIpc) is 3.02. The van der Waals surface area contributed by atoms with Crippen molar-refractivity contribution in [2.75, 3.05) is 5.32 Å². The zero-order chi connectivity index (χ0) is 14.7. The number of nitrogens with zero attached hydrogens (tertiary/aromatic N) is 4. The van der Waals surface area contributed by atoms with Gasteiger partial charge >= 0.3 is 0 Å². The first-order valence-electron chi connectivity index (χ1n) is 6.13. The summed E-state index contributed by atoms with van der Waals surface area (Å²) in [6.45, 7) is 0. The number of halogens is 1. The topological polar surface area (TPSA) is 72.7 Å². The van der Waals surface area contributed by atoms with Crippen LogP contribution in [0.5, 0.6) is 0 Å². The van der Waals surface area contributed by atoms with Crippen LogP contribution in [0.2, 0.25) is 0 Å². The maximum Gasteiger partial charge on any atom is 0.255 e. The van der Waals surface area contributed by atoms with Crippen LogP contribution in [0.3, 0.4) is 0 Å². The Labute approximate surface area is 119 Å². The SMILES string of the molecule is O=C(Nc1cccc(F)c1)c1cccc(-n2cnnn2)c1. The number of nitrogens with one attached hydrogen (secondary N) is 1. The number of carbonyl (C=O) groups excluding carboxylic acids is 1. The Morgan fingerprint density at radius 2 is 2.00 bits per heavy atom. The lowest BCUT2D eigenvalue weighted by atomic mass is 10.2. The minimum atomic E-state index is -0.407. The summed E-state index contributed by atoms with van der Waals surface area (Å²) in [6.07, 6.45) is 1.43. The Morgan fingerprint density at radius 3 is 2.76 bits per heavy atom. The largest absolute Gasteiger partial charge is 0.322 e. The fourth-order valence-electron chi connectivity index (χ4n) is 1.84. The van der Waals surface area contributed by atoms with E-state index in [9.17, 15) is 9.18 Å². The lowest BCUT2D eigenvalue weighted by Gasteiger charge is -2.06. The highest BCUT2D eigenvalue weighted by Crippen LogP contribution is 2.13. The van der Waals surface area contributed by atoms with Crippen LogP contribution < -0.4 is 5.32 Å². The molecular formula is C14H10FN5O. The van der Waals surface area contributed by atoms with E-state index in [1.807, 2.05) is 0 Å². The van der Waals surface area contributed by atoms with E-state index in [0.29, 0.717) is 16.9 Å². The molecule has 3 rings (SSSR count). The first kappa shape index (κ1) is 12.9. The summed E-state index contributed by atoms with van der Waals surface area (Å²) >= 11 is 0. The Kier molecular flexibility index (Phi) is 3.38. The van der Waals surface area contributed by atoms with Crippen LogP contribution in [0.25, 0.3) is 5.69 Å². The van der Waals surface area contributed by atoms with Gasteiger partial charge in [-0.2, -0.15) is 0 Å². The second-order valence-corrected chi connectivity index (χ2v) is 4.27. The fraction of sp³-hybridized carbons (Fsp3) is 0. The molecule has 0 aliphatic rings. The van der Waals surface area contributed by atoms with Gasteiger partial charge in [-0.15, -0.1) is 5.10 Å². The summed E-state index contributed by atoms with van der Waals surface area (Å²) in [6, 6.07) is 12.5. The molecule has 0 fully saturated rings. The van der Waals surface area contributed by atoms with E-state index in [2.05, 4.69) is 20.8 Å². The van der Waals surface area contributed by atoms with Crippen molar-refractivity contribution >= 4 is 11.6 Å². The van der Waals surface area contributed by atoms with E-state index in [4.69, 9.17) is 0 Å². The van der Waals surface area contributed by atoms with Crippen molar-refractivity contribution in [3.8, 4) is 5.69 Å². The Morgan fingerprint density at radius 1 is 1.14 bits per heavy atom. The molecule has 21 heavy (non-hydrogen) atoms. The normalized spacial score (nSPS) is 10.3. The zero-order valence-electron chi connectivity index (χ0n) is 10.8. The second-order valence-electron chi connectivity index (χ2n) is 4.27. The van der Waals surface area contributed by atoms with Gasteiger partial charge in [0.1, 0.15) is 12.1 Å². The van der Waals surface area contributed by atoms with Gasteiger partial charge in [-0.1, -0.05) is 12.1 Å². The Balaban J connectivity index is 1.83. The number of hydrogen-bond acceptors (Lipinski definition) is 4. The number of tetrazole rings is 1. The third-order valence-electron chi connectivity index (χ3n) is 2.80. The molecule has 3 aromatic rings. The standard InChI is InChI=1S/C14H10FN5O/c15-11-4-2-5-12(8-11)17-14(21)10-3-1-6-13(7-10)20-9-16-18-19-20/h1-9H,(H,17,21). The number of amides is 1. The summed E-state index contributed by atoms with van der Waals surface area (Å²) < 4.78 is 14.5. The summed E-state index contributed by atoms with van der Waals surface area (Å²) in [5.74, 6) is -0.745. The molecule has 0 unspecified atom stereocenters. The third kappa shape index (κ3) is 2.92. The van der Waals surface area contributed by atoms with E-state index in [1.54, 1.807) is 30.3 Å². The number of carbonyl (C=O) groups is 1. The van der Waals surface area contributed by atoms with Crippen LogP contribution in [-0.2, 0) is 0 Å². The number of benzene rings is 2. The average molecular weight is 283 g/mol. The summed E-state index contributed by atoms with van der Waals surface area (Å²) in [4.78, 5) is 12.2. The number of aromatic nitrogens is 4. The van der Waals surface area contributed by atoms with Crippen molar-refractivity contribution in [1.29, 1.82) is 0 Å². The first-order valence-corrected chi connectivity index (χ1v) is 6.13. The van der Waals surface area contributed by atoms with Crippen LogP contribution in [-0.4, -0.2) is 26.1 Å². The molecule has 104 valence electrons. The quantitative estimate of drug-likeness (QED) is 0.798. The van der Waals surface area contributed by atoms with Crippen LogP contribution in [0.1, 0.15) is 10.4 Å². The van der Waals surface area contributed by atoms with E-state index >= 15 is 0 Å². The minimum absolute atomic E-state index is 0.337. The molecule has 0 saturated heterocycles. The molecule has 0 spiro atoms. The highest BCUT2D eigenvalue weighted by atomic mass is 19.1. The van der Waals surface area contributed by atoms with Gasteiger partial charge in [-0.25, -0.2) is 9.07 Å². The molecule has 6 nitrogen and oxygen atoms in total. The van der Waals surface area contributed by atoms with Crippen LogP contribution in [0.4, 0.5) is 10.1 Å². The monoisotopic (exact) mass is 283 g/mol. The molecule has 1 heterocycles. The Bertz CT molecular complexity index is 773. The van der Waals surface area contributed by atoms with E-state index in [1.165, 1.54) is 29.2 Å². The highest BCUT2D eigenvalue weighted by Gasteiger charge is 2.08. The van der Waals surface area contributed by atoms with Crippen molar-refractivity contribution < 1.29 is 9.18 Å². The molecule has 0 atom stereocenters. The van der Waals surface area contributed by atoms with Crippen molar-refractivity contribution in [2.24, 2.45) is 0 Å². The molecule has 0 aliphatic carbocycles. The van der Waals surface area contributed by atoms with Gasteiger partial charge in [0.2, 0.25) is 0 Å². The molecule has 2 aromatic carbocycles. The third-order valence-corrected chi connectivity index (χ3v) is 2.80. The van der Waals surface area contributed by atoms with E-state index in [0.717, 1.165) is 0 Å². The predicted molar refractivity (Wildman–Crippen MR) is 73.5 cm³/mol. The molecule has 0 bridgehead atoms. The van der Waals surface area contributed by atoms with Crippen molar-refractivity contribution in [3.05, 3.63) is 66.2 Å². The van der Waals surface area contributed by atoms with Crippen LogP contribution in [0.15, 0.2) is 54.9 Å². The first-order chi connectivity index (χ1) is 10.2. The summed E-state index contributed by atoms with van der Waals surface area (Å²) in [5.41, 5.74) is 1.48. The van der Waals surface area contributed by atoms with Gasteiger partial charge < -0.3 is 5.32 Å². The fourth-order valence-corrected chi connectivity index (χ4v) is 1.84. The molecule has 1 aromatic heterocycles. The second kappa shape index (κ2) is 5.49. The molecular weight excluding hydrogens is 273 g/mol. The van der Waals surface area contributed by atoms with Gasteiger partial charge in [-0.05, 0) is 46.8 Å². The smallest absolute Gasteiger partial charge is 0.255 e. The van der Waals surface area contributed by atoms with Crippen molar-refractivity contribution in [3.63, 3.8) is 0 Å². The van der Waals surface area contributed by atoms with Crippen molar-refractivity contribution in [2.45, 2.75) is 0 Å². The maximum atomic E-state index is 13.1. The molecule has 7 heteroatoms. The molecule has 0 aliphatic heterocycles. The van der Waals surface area contributed by atoms with Gasteiger partial charge in [0.25, 0.3) is 5.91 Å². The highest BCUT2D eigenvalue weighted by molar-refractivity contribution is 6.04. The summed E-state index contributed by atoms with van der Waals surface area (Å²) in [7, 11) is 0. The number of rotatable bonds is 3.